The third-order valence-corrected chi connectivity index (χ3v) is 3.35. The molecule has 1 aromatic rings. The summed E-state index contributed by atoms with van der Waals surface area (Å²) in [6.45, 7) is 4.65. The molecule has 2 rings (SSSR count). The Balaban J connectivity index is 0.000000257. The van der Waals surface area contributed by atoms with Crippen LogP contribution in [0.2, 0.25) is 0 Å². The van der Waals surface area contributed by atoms with Gasteiger partial charge in [0.05, 0.1) is 0 Å². The van der Waals surface area contributed by atoms with E-state index in [1.807, 2.05) is 0 Å². The van der Waals surface area contributed by atoms with E-state index >= 15 is 0 Å². The van der Waals surface area contributed by atoms with Gasteiger partial charge in [0.2, 0.25) is 0 Å². The Kier molecular flexibility index (Phi) is 9.03. The molecule has 1 radical (unpaired) electrons. The number of H-pyrrole nitrogens is 1. The Labute approximate surface area is 151 Å². The van der Waals surface area contributed by atoms with E-state index in [1.165, 1.54) is 6.92 Å². The summed E-state index contributed by atoms with van der Waals surface area (Å²) < 4.78 is 9.00. The molecule has 1 aliphatic rings. The van der Waals surface area contributed by atoms with Crippen LogP contribution in [0, 0.1) is 0 Å². The molecule has 1 N–H and O–H groups in total. The molecular formula is C14H16B2Cl2NO5. The number of carbonyl (C=O) groups is 2. The van der Waals surface area contributed by atoms with Gasteiger partial charge in [-0.15, -0.1) is 0 Å². The third-order valence-electron chi connectivity index (χ3n) is 3.15. The predicted molar refractivity (Wildman–Crippen MR) is 91.7 cm³/mol. The summed E-state index contributed by atoms with van der Waals surface area (Å²) in [4.78, 5) is 34.5. The van der Waals surface area contributed by atoms with Crippen molar-refractivity contribution >= 4 is 49.4 Å². The number of carbonyl (C=O) groups excluding carboxylic acids is 2. The number of rotatable bonds is 6. The number of aromatic nitrogens is 1. The van der Waals surface area contributed by atoms with Crippen LogP contribution in [-0.2, 0) is 20.8 Å². The normalized spacial score (nSPS) is 13.1. The van der Waals surface area contributed by atoms with Gasteiger partial charge in [0.15, 0.2) is 11.6 Å². The molecule has 127 valence electrons. The summed E-state index contributed by atoms with van der Waals surface area (Å²) in [5.74, 6) is 0.0849. The van der Waals surface area contributed by atoms with Crippen molar-refractivity contribution in [1.82, 2.24) is 4.98 Å². The monoisotopic (exact) mass is 370 g/mol. The van der Waals surface area contributed by atoms with Gasteiger partial charge in [-0.05, 0) is 26.2 Å². The molecule has 0 aromatic carbocycles. The number of hydrogen-bond acceptors (Lipinski definition) is 5. The maximum atomic E-state index is 11.7. The fourth-order valence-corrected chi connectivity index (χ4v) is 2.21. The Bertz CT molecular complexity index is 618. The number of aromatic amines is 1. The van der Waals surface area contributed by atoms with Gasteiger partial charge in [0.1, 0.15) is 0 Å². The maximum absolute atomic E-state index is 11.7. The number of Topliss-reactive ketones (excluding diaryl/α,β-unsaturated/α-hetero) is 2. The Morgan fingerprint density at radius 2 is 2.04 bits per heavy atom. The standard InChI is InChI=1S/C11H13NO2.C3H3B2Cl2O3/c1-7(13)8-6-12-9-4-2-3-5-10(14)11(8)9;1-2(4-8)9-10-5-3(6)7/h6,12H,2-5H2,1H3;3H,1H2. The summed E-state index contributed by atoms with van der Waals surface area (Å²) in [6, 6.07) is 0. The van der Waals surface area contributed by atoms with Crippen LogP contribution in [0.3, 0.4) is 0 Å². The van der Waals surface area contributed by atoms with Crippen molar-refractivity contribution in [3.63, 3.8) is 0 Å². The minimum absolute atomic E-state index is 0.0299. The number of fused-ring (bicyclic) bond motifs is 1. The zero-order valence-corrected chi connectivity index (χ0v) is 14.7. The number of nitrogens with one attached hydrogen (secondary N) is 1. The first-order valence-electron chi connectivity index (χ1n) is 7.20. The van der Waals surface area contributed by atoms with E-state index in [2.05, 4.69) is 21.3 Å². The van der Waals surface area contributed by atoms with Crippen LogP contribution >= 0.6 is 23.2 Å². The Morgan fingerprint density at radius 1 is 1.38 bits per heavy atom. The molecule has 1 heterocycles. The topological polar surface area (TPSA) is 85.5 Å². The number of aryl methyl sites for hydroxylation is 1. The van der Waals surface area contributed by atoms with E-state index in [4.69, 9.17) is 23.2 Å². The van der Waals surface area contributed by atoms with Crippen molar-refractivity contribution in [2.75, 3.05) is 0 Å². The molecule has 0 aliphatic heterocycles. The number of hydrogen-bond donors (Lipinski definition) is 1. The van der Waals surface area contributed by atoms with Gasteiger partial charge >= 0.3 is 69.2 Å². The largest absolute Gasteiger partial charge is 0.364 e. The number of ketones is 2. The van der Waals surface area contributed by atoms with Gasteiger partial charge in [-0.1, -0.05) is 0 Å². The second kappa shape index (κ2) is 10.5. The van der Waals surface area contributed by atoms with Crippen molar-refractivity contribution in [3.05, 3.63) is 35.3 Å². The van der Waals surface area contributed by atoms with Crippen molar-refractivity contribution in [3.8, 4) is 0 Å². The van der Waals surface area contributed by atoms with Crippen LogP contribution in [0.15, 0.2) is 18.4 Å². The first-order valence-corrected chi connectivity index (χ1v) is 8.07. The molecule has 6 nitrogen and oxygen atoms in total. The first kappa shape index (κ1) is 20.7. The second-order valence-corrected chi connectivity index (χ2v) is 6.14. The van der Waals surface area contributed by atoms with Crippen molar-refractivity contribution in [2.45, 2.75) is 37.3 Å². The van der Waals surface area contributed by atoms with Crippen molar-refractivity contribution < 1.29 is 24.0 Å². The molecule has 1 aliphatic carbocycles. The number of alkyl halides is 2. The van der Waals surface area contributed by atoms with Gasteiger partial charge in [0, 0.05) is 29.4 Å². The Morgan fingerprint density at radius 3 is 2.62 bits per heavy atom. The van der Waals surface area contributed by atoms with Gasteiger partial charge in [-0.3, -0.25) is 9.59 Å². The van der Waals surface area contributed by atoms with Crippen LogP contribution in [0.5, 0.6) is 0 Å². The molecule has 24 heavy (non-hydrogen) atoms. The molecule has 0 saturated carbocycles. The molecule has 1 aromatic heterocycles. The van der Waals surface area contributed by atoms with Gasteiger partial charge in [0.25, 0.3) is 0 Å². The summed E-state index contributed by atoms with van der Waals surface area (Å²) in [5, 5.41) is 0. The molecule has 0 atom stereocenters. The third kappa shape index (κ3) is 6.63. The van der Waals surface area contributed by atoms with Crippen LogP contribution in [-0.4, -0.2) is 35.9 Å². The van der Waals surface area contributed by atoms with Crippen LogP contribution in [0.25, 0.3) is 0 Å². The molecule has 0 amide bonds. The molecule has 0 unspecified atom stereocenters. The zero-order valence-electron chi connectivity index (χ0n) is 13.1. The summed E-state index contributed by atoms with van der Waals surface area (Å²) >= 11 is 10.4. The van der Waals surface area contributed by atoms with E-state index in [9.17, 15) is 14.3 Å². The molecule has 0 bridgehead atoms. The maximum Gasteiger partial charge on any atom is 0.165 e. The van der Waals surface area contributed by atoms with Crippen molar-refractivity contribution in [2.24, 2.45) is 0 Å². The molecule has 0 fully saturated rings. The van der Waals surface area contributed by atoms with E-state index in [-0.39, 0.29) is 17.2 Å². The summed E-state index contributed by atoms with van der Waals surface area (Å²) in [7, 11) is 1.39. The van der Waals surface area contributed by atoms with Crippen LogP contribution in [0.4, 0.5) is 0 Å². The minimum atomic E-state index is -0.792. The summed E-state index contributed by atoms with van der Waals surface area (Å²) in [5.41, 5.74) is 2.00. The fraction of sp³-hybridized carbons (Fsp3) is 0.429. The van der Waals surface area contributed by atoms with E-state index in [0.717, 1.165) is 32.4 Å². The molecule has 0 spiro atoms. The van der Waals surface area contributed by atoms with E-state index in [0.29, 0.717) is 24.7 Å². The van der Waals surface area contributed by atoms with Gasteiger partial charge in [-0.2, -0.15) is 0 Å². The average Bonchev–Trinajstić information content (AvgIpc) is 2.87. The number of halogens is 2. The van der Waals surface area contributed by atoms with Gasteiger partial charge < -0.3 is 4.98 Å². The molecular weight excluding hydrogens is 355 g/mol. The van der Waals surface area contributed by atoms with Crippen molar-refractivity contribution in [1.29, 1.82) is 0 Å². The summed E-state index contributed by atoms with van der Waals surface area (Å²) in [6.07, 6.45) is 5.07. The fourth-order valence-electron chi connectivity index (χ4n) is 2.12. The Hall–Kier alpha value is -1.37. The molecule has 0 saturated heterocycles. The van der Waals surface area contributed by atoms with Crippen LogP contribution in [0.1, 0.15) is 52.6 Å². The van der Waals surface area contributed by atoms with E-state index < -0.39 is 4.74 Å². The average molecular weight is 371 g/mol. The second-order valence-electron chi connectivity index (χ2n) is 4.98. The van der Waals surface area contributed by atoms with Crippen LogP contribution < -0.4 is 0 Å². The van der Waals surface area contributed by atoms with E-state index in [1.54, 1.807) is 6.20 Å². The minimum Gasteiger partial charge on any atom is -0.364 e. The zero-order chi connectivity index (χ0) is 18.1. The SMILES string of the molecule is C=C(B=O)OO[B]C(Cl)Cl.CC(=O)c1c[nH]c2c1C(=O)CCCC2. The molecule has 10 heteroatoms. The quantitative estimate of drug-likeness (QED) is 0.158. The smallest absolute Gasteiger partial charge is 0.165 e. The first-order chi connectivity index (χ1) is 11.4. The predicted octanol–water partition coefficient (Wildman–Crippen LogP) is 2.96. The van der Waals surface area contributed by atoms with Gasteiger partial charge in [-0.25, -0.2) is 0 Å².